The molecule has 2 amide bonds. The van der Waals surface area contributed by atoms with Gasteiger partial charge in [-0.15, -0.1) is 0 Å². The lowest BCUT2D eigenvalue weighted by molar-refractivity contribution is -0.148. The Kier molecular flexibility index (Phi) is 3.57. The summed E-state index contributed by atoms with van der Waals surface area (Å²) in [5, 5.41) is 10.9. The van der Waals surface area contributed by atoms with E-state index in [9.17, 15) is 14.4 Å². The van der Waals surface area contributed by atoms with E-state index in [0.717, 1.165) is 16.7 Å². The fourth-order valence-corrected chi connectivity index (χ4v) is 1.89. The molecule has 0 bridgehead atoms. The van der Waals surface area contributed by atoms with Gasteiger partial charge in [-0.25, -0.2) is 4.79 Å². The number of carbonyl (C=O) groups is 3. The molecule has 0 aromatic carbocycles. The molecule has 84 valence electrons. The number of carboxylic acid groups (broad SMARTS) is 1. The van der Waals surface area contributed by atoms with Crippen LogP contribution in [0, 0.1) is 0 Å². The Morgan fingerprint density at radius 1 is 1.67 bits per heavy atom. The minimum absolute atomic E-state index is 0.246. The summed E-state index contributed by atoms with van der Waals surface area (Å²) in [4.78, 5) is 34.3. The molecule has 1 aliphatic rings. The molecule has 0 spiro atoms. The fraction of sp³-hybridized carbons (Fsp3) is 0.625. The van der Waals surface area contributed by atoms with Crippen molar-refractivity contribution in [3.05, 3.63) is 0 Å². The number of thioether (sulfide) groups is 1. The van der Waals surface area contributed by atoms with E-state index in [1.54, 1.807) is 0 Å². The van der Waals surface area contributed by atoms with Crippen LogP contribution in [0.4, 0.5) is 4.79 Å². The Labute approximate surface area is 91.0 Å². The van der Waals surface area contributed by atoms with Crippen LogP contribution >= 0.6 is 11.8 Å². The standard InChI is InChI=1S/C8H12N2O4S/c1-4(7(12)13)10(2)6(11)5-3-15-8(14)9-5/h4-5H,3H2,1-2H3,(H,9,14)(H,12,13). The third-order valence-corrected chi connectivity index (χ3v) is 3.14. The van der Waals surface area contributed by atoms with Crippen LogP contribution in [0.5, 0.6) is 0 Å². The smallest absolute Gasteiger partial charge is 0.326 e. The number of carbonyl (C=O) groups excluding carboxylic acids is 2. The van der Waals surface area contributed by atoms with E-state index in [-0.39, 0.29) is 11.1 Å². The minimum atomic E-state index is -1.07. The topological polar surface area (TPSA) is 86.7 Å². The number of rotatable bonds is 3. The quantitative estimate of drug-likeness (QED) is 0.700. The maximum Gasteiger partial charge on any atom is 0.326 e. The molecule has 2 atom stereocenters. The van der Waals surface area contributed by atoms with Crippen molar-refractivity contribution in [2.75, 3.05) is 12.8 Å². The number of aliphatic carboxylic acids is 1. The molecule has 1 rings (SSSR count). The van der Waals surface area contributed by atoms with Crippen molar-refractivity contribution >= 4 is 28.9 Å². The van der Waals surface area contributed by atoms with Crippen molar-refractivity contribution in [3.8, 4) is 0 Å². The normalized spacial score (nSPS) is 22.0. The predicted molar refractivity (Wildman–Crippen MR) is 54.6 cm³/mol. The predicted octanol–water partition coefficient (Wildman–Crippen LogP) is -0.257. The van der Waals surface area contributed by atoms with Gasteiger partial charge in [0.25, 0.3) is 5.24 Å². The highest BCUT2D eigenvalue weighted by Gasteiger charge is 2.33. The van der Waals surface area contributed by atoms with Crippen molar-refractivity contribution in [2.24, 2.45) is 0 Å². The largest absolute Gasteiger partial charge is 0.480 e. The Morgan fingerprint density at radius 2 is 2.27 bits per heavy atom. The molecule has 1 aliphatic heterocycles. The van der Waals surface area contributed by atoms with Gasteiger partial charge in [-0.05, 0) is 6.92 Å². The molecule has 1 saturated heterocycles. The van der Waals surface area contributed by atoms with Gasteiger partial charge in [-0.3, -0.25) is 9.59 Å². The van der Waals surface area contributed by atoms with Crippen LogP contribution in [0.1, 0.15) is 6.92 Å². The molecular weight excluding hydrogens is 220 g/mol. The van der Waals surface area contributed by atoms with Crippen LogP contribution < -0.4 is 5.32 Å². The van der Waals surface area contributed by atoms with Gasteiger partial charge in [0.05, 0.1) is 0 Å². The van der Waals surface area contributed by atoms with Crippen molar-refractivity contribution < 1.29 is 19.5 Å². The first-order valence-electron chi connectivity index (χ1n) is 4.36. The summed E-state index contributed by atoms with van der Waals surface area (Å²) in [5.41, 5.74) is 0. The summed E-state index contributed by atoms with van der Waals surface area (Å²) in [5.74, 6) is -1.08. The van der Waals surface area contributed by atoms with Crippen LogP contribution in [0.25, 0.3) is 0 Å². The van der Waals surface area contributed by atoms with Crippen molar-refractivity contribution in [2.45, 2.75) is 19.0 Å². The van der Waals surface area contributed by atoms with E-state index < -0.39 is 18.1 Å². The first kappa shape index (κ1) is 11.8. The van der Waals surface area contributed by atoms with Gasteiger partial charge in [-0.1, -0.05) is 11.8 Å². The summed E-state index contributed by atoms with van der Waals surface area (Å²) in [7, 11) is 1.41. The second kappa shape index (κ2) is 4.52. The maximum atomic E-state index is 11.7. The molecule has 0 aromatic rings. The highest BCUT2D eigenvalue weighted by atomic mass is 32.2. The lowest BCUT2D eigenvalue weighted by Gasteiger charge is -2.24. The number of hydrogen-bond donors (Lipinski definition) is 2. The number of amides is 2. The van der Waals surface area contributed by atoms with Crippen LogP contribution in [0.15, 0.2) is 0 Å². The first-order valence-corrected chi connectivity index (χ1v) is 5.35. The monoisotopic (exact) mass is 232 g/mol. The Hall–Kier alpha value is -1.24. The fourth-order valence-electron chi connectivity index (χ4n) is 1.12. The number of nitrogens with zero attached hydrogens (tertiary/aromatic N) is 1. The van der Waals surface area contributed by atoms with E-state index in [4.69, 9.17) is 5.11 Å². The SMILES string of the molecule is CC(C(=O)O)N(C)C(=O)C1CSC(=O)N1. The molecule has 0 aromatic heterocycles. The van der Waals surface area contributed by atoms with Crippen molar-refractivity contribution in [1.82, 2.24) is 10.2 Å². The van der Waals surface area contributed by atoms with Crippen molar-refractivity contribution in [1.29, 1.82) is 0 Å². The van der Waals surface area contributed by atoms with E-state index >= 15 is 0 Å². The molecular formula is C8H12N2O4S. The van der Waals surface area contributed by atoms with Crippen LogP contribution in [-0.4, -0.2) is 52.0 Å². The summed E-state index contributed by atoms with van der Waals surface area (Å²) in [6.45, 7) is 1.42. The number of hydrogen-bond acceptors (Lipinski definition) is 4. The van der Waals surface area contributed by atoms with E-state index in [0.29, 0.717) is 5.75 Å². The second-order valence-corrected chi connectivity index (χ2v) is 4.25. The van der Waals surface area contributed by atoms with Crippen LogP contribution in [0.2, 0.25) is 0 Å². The number of likely N-dealkylation sites (N-methyl/N-ethyl adjacent to an activating group) is 1. The third kappa shape index (κ3) is 2.62. The first-order chi connectivity index (χ1) is 6.93. The Bertz CT molecular complexity index is 307. The van der Waals surface area contributed by atoms with Crippen molar-refractivity contribution in [3.63, 3.8) is 0 Å². The minimum Gasteiger partial charge on any atom is -0.480 e. The molecule has 0 radical (unpaired) electrons. The zero-order valence-electron chi connectivity index (χ0n) is 8.39. The number of carboxylic acids is 1. The van der Waals surface area contributed by atoms with Gasteiger partial charge in [-0.2, -0.15) is 0 Å². The average molecular weight is 232 g/mol. The number of nitrogens with one attached hydrogen (secondary N) is 1. The molecule has 2 N–H and O–H groups in total. The molecule has 1 heterocycles. The summed E-state index contributed by atoms with van der Waals surface area (Å²) in [6, 6.07) is -1.49. The Morgan fingerprint density at radius 3 is 2.67 bits per heavy atom. The van der Waals surface area contributed by atoms with Gasteiger partial charge in [0, 0.05) is 12.8 Å². The average Bonchev–Trinajstić information content (AvgIpc) is 2.61. The van der Waals surface area contributed by atoms with Gasteiger partial charge in [0.1, 0.15) is 12.1 Å². The van der Waals surface area contributed by atoms with E-state index in [1.165, 1.54) is 14.0 Å². The lowest BCUT2D eigenvalue weighted by Crippen LogP contribution is -2.49. The molecule has 15 heavy (non-hydrogen) atoms. The maximum absolute atomic E-state index is 11.7. The molecule has 1 fully saturated rings. The van der Waals surface area contributed by atoms with E-state index in [2.05, 4.69) is 5.32 Å². The lowest BCUT2D eigenvalue weighted by atomic mass is 10.2. The zero-order valence-corrected chi connectivity index (χ0v) is 9.21. The van der Waals surface area contributed by atoms with Gasteiger partial charge >= 0.3 is 5.97 Å². The highest BCUT2D eigenvalue weighted by Crippen LogP contribution is 2.15. The Balaban J connectivity index is 2.60. The molecule has 2 unspecified atom stereocenters. The van der Waals surface area contributed by atoms with Gasteiger partial charge < -0.3 is 15.3 Å². The van der Waals surface area contributed by atoms with E-state index in [1.807, 2.05) is 0 Å². The van der Waals surface area contributed by atoms with Gasteiger partial charge in [0.2, 0.25) is 5.91 Å². The van der Waals surface area contributed by atoms with Gasteiger partial charge in [0.15, 0.2) is 0 Å². The summed E-state index contributed by atoms with van der Waals surface area (Å²) >= 11 is 1.03. The van der Waals surface area contributed by atoms with Crippen LogP contribution in [0.3, 0.4) is 0 Å². The summed E-state index contributed by atoms with van der Waals surface area (Å²) < 4.78 is 0. The molecule has 6 nitrogen and oxygen atoms in total. The molecule has 0 saturated carbocycles. The molecule has 7 heteroatoms. The highest BCUT2D eigenvalue weighted by molar-refractivity contribution is 8.14. The summed E-state index contributed by atoms with van der Waals surface area (Å²) in [6.07, 6.45) is 0. The zero-order chi connectivity index (χ0) is 11.6. The third-order valence-electron chi connectivity index (χ3n) is 2.26. The van der Waals surface area contributed by atoms with Crippen LogP contribution in [-0.2, 0) is 9.59 Å². The second-order valence-electron chi connectivity index (χ2n) is 3.26. The molecule has 0 aliphatic carbocycles.